The van der Waals surface area contributed by atoms with Crippen molar-refractivity contribution in [1.29, 1.82) is 0 Å². The highest BCUT2D eigenvalue weighted by Crippen LogP contribution is 2.05. The normalized spacial score (nSPS) is 11.0. The second kappa shape index (κ2) is 10.2. The van der Waals surface area contributed by atoms with E-state index >= 15 is 0 Å². The maximum atomic E-state index is 11.9. The number of hydrogen-bond donors (Lipinski definition) is 3. The van der Waals surface area contributed by atoms with Gasteiger partial charge in [-0.1, -0.05) is 17.7 Å². The SMILES string of the molecule is CCNC(=NCC(=O)Nc1cccnc1)NCCc1ccc(Cl)nc1. The van der Waals surface area contributed by atoms with Gasteiger partial charge in [0.15, 0.2) is 5.96 Å². The maximum absolute atomic E-state index is 11.9. The zero-order chi connectivity index (χ0) is 17.9. The fourth-order valence-corrected chi connectivity index (χ4v) is 2.12. The van der Waals surface area contributed by atoms with E-state index in [2.05, 4.69) is 30.9 Å². The lowest BCUT2D eigenvalue weighted by Crippen LogP contribution is -2.39. The molecule has 2 aromatic heterocycles. The number of rotatable bonds is 7. The molecule has 25 heavy (non-hydrogen) atoms. The molecule has 2 rings (SSSR count). The van der Waals surface area contributed by atoms with Gasteiger partial charge in [-0.15, -0.1) is 0 Å². The van der Waals surface area contributed by atoms with Crippen molar-refractivity contribution in [3.8, 4) is 0 Å². The molecule has 0 aromatic carbocycles. The third kappa shape index (κ3) is 7.17. The van der Waals surface area contributed by atoms with E-state index in [1.54, 1.807) is 36.8 Å². The van der Waals surface area contributed by atoms with E-state index in [1.165, 1.54) is 0 Å². The van der Waals surface area contributed by atoms with Crippen LogP contribution in [0.5, 0.6) is 0 Å². The molecular formula is C17H21ClN6O. The molecule has 132 valence electrons. The van der Waals surface area contributed by atoms with Crippen LogP contribution >= 0.6 is 11.6 Å². The van der Waals surface area contributed by atoms with E-state index in [9.17, 15) is 4.79 Å². The lowest BCUT2D eigenvalue weighted by Gasteiger charge is -2.11. The topological polar surface area (TPSA) is 91.3 Å². The van der Waals surface area contributed by atoms with Crippen molar-refractivity contribution in [2.45, 2.75) is 13.3 Å². The second-order valence-corrected chi connectivity index (χ2v) is 5.54. The van der Waals surface area contributed by atoms with E-state index in [0.29, 0.717) is 29.9 Å². The van der Waals surface area contributed by atoms with E-state index in [4.69, 9.17) is 11.6 Å². The van der Waals surface area contributed by atoms with E-state index in [1.807, 2.05) is 13.0 Å². The number of hydrogen-bond acceptors (Lipinski definition) is 4. The van der Waals surface area contributed by atoms with Crippen LogP contribution in [0.4, 0.5) is 5.69 Å². The lowest BCUT2D eigenvalue weighted by molar-refractivity contribution is -0.114. The van der Waals surface area contributed by atoms with E-state index < -0.39 is 0 Å². The number of carbonyl (C=O) groups is 1. The van der Waals surface area contributed by atoms with Crippen LogP contribution in [-0.2, 0) is 11.2 Å². The van der Waals surface area contributed by atoms with Gasteiger partial charge in [-0.05, 0) is 37.1 Å². The fourth-order valence-electron chi connectivity index (χ4n) is 2.01. The summed E-state index contributed by atoms with van der Waals surface area (Å²) in [6.45, 7) is 3.36. The van der Waals surface area contributed by atoms with Crippen LogP contribution in [0.3, 0.4) is 0 Å². The minimum atomic E-state index is -0.202. The molecule has 0 bridgehead atoms. The van der Waals surface area contributed by atoms with Crippen molar-refractivity contribution in [2.75, 3.05) is 25.0 Å². The number of aliphatic imine (C=N–C) groups is 1. The van der Waals surface area contributed by atoms with Gasteiger partial charge in [0.05, 0.1) is 11.9 Å². The molecule has 3 N–H and O–H groups in total. The number of nitrogens with one attached hydrogen (secondary N) is 3. The van der Waals surface area contributed by atoms with Crippen molar-refractivity contribution in [3.63, 3.8) is 0 Å². The number of anilines is 1. The van der Waals surface area contributed by atoms with Gasteiger partial charge in [0.25, 0.3) is 0 Å². The Morgan fingerprint density at radius 3 is 2.80 bits per heavy atom. The molecule has 2 aromatic rings. The first-order valence-electron chi connectivity index (χ1n) is 8.00. The number of pyridine rings is 2. The average molecular weight is 361 g/mol. The van der Waals surface area contributed by atoms with Crippen LogP contribution in [0, 0.1) is 0 Å². The van der Waals surface area contributed by atoms with Gasteiger partial charge >= 0.3 is 0 Å². The third-order valence-corrected chi connectivity index (χ3v) is 3.39. The predicted octanol–water partition coefficient (Wildman–Crippen LogP) is 1.87. The van der Waals surface area contributed by atoms with Gasteiger partial charge in [0, 0.05) is 25.5 Å². The molecular weight excluding hydrogens is 340 g/mol. The van der Waals surface area contributed by atoms with Crippen molar-refractivity contribution in [2.24, 2.45) is 4.99 Å². The van der Waals surface area contributed by atoms with Gasteiger partial charge in [-0.25, -0.2) is 9.98 Å². The summed E-state index contributed by atoms with van der Waals surface area (Å²) in [4.78, 5) is 24.2. The number of aromatic nitrogens is 2. The van der Waals surface area contributed by atoms with Crippen LogP contribution in [0.1, 0.15) is 12.5 Å². The van der Waals surface area contributed by atoms with E-state index in [0.717, 1.165) is 12.0 Å². The second-order valence-electron chi connectivity index (χ2n) is 5.15. The lowest BCUT2D eigenvalue weighted by atomic mass is 10.2. The highest BCUT2D eigenvalue weighted by molar-refractivity contribution is 6.29. The summed E-state index contributed by atoms with van der Waals surface area (Å²) in [5.74, 6) is 0.387. The molecule has 7 nitrogen and oxygen atoms in total. The molecule has 0 aliphatic heterocycles. The minimum absolute atomic E-state index is 0.0206. The molecule has 0 saturated carbocycles. The molecule has 0 radical (unpaired) electrons. The minimum Gasteiger partial charge on any atom is -0.357 e. The maximum Gasteiger partial charge on any atom is 0.246 e. The Morgan fingerprint density at radius 1 is 1.24 bits per heavy atom. The Morgan fingerprint density at radius 2 is 2.12 bits per heavy atom. The van der Waals surface area contributed by atoms with Crippen LogP contribution < -0.4 is 16.0 Å². The first-order valence-corrected chi connectivity index (χ1v) is 8.37. The highest BCUT2D eigenvalue weighted by atomic mass is 35.5. The molecule has 0 fully saturated rings. The Kier molecular flexibility index (Phi) is 7.65. The molecule has 8 heteroatoms. The van der Waals surface area contributed by atoms with Gasteiger partial charge in [0.2, 0.25) is 5.91 Å². The summed E-state index contributed by atoms with van der Waals surface area (Å²) < 4.78 is 0. The Labute approximate surface area is 151 Å². The van der Waals surface area contributed by atoms with Crippen LogP contribution in [0.15, 0.2) is 47.8 Å². The largest absolute Gasteiger partial charge is 0.357 e. The Hall–Kier alpha value is -2.67. The Balaban J connectivity index is 1.80. The highest BCUT2D eigenvalue weighted by Gasteiger charge is 2.03. The van der Waals surface area contributed by atoms with Gasteiger partial charge in [-0.2, -0.15) is 0 Å². The molecule has 2 heterocycles. The van der Waals surface area contributed by atoms with Crippen molar-refractivity contribution < 1.29 is 4.79 Å². The zero-order valence-electron chi connectivity index (χ0n) is 14.0. The smallest absolute Gasteiger partial charge is 0.246 e. The number of nitrogens with zero attached hydrogens (tertiary/aromatic N) is 3. The van der Waals surface area contributed by atoms with Gasteiger partial charge < -0.3 is 16.0 Å². The summed E-state index contributed by atoms with van der Waals surface area (Å²) >= 11 is 5.77. The zero-order valence-corrected chi connectivity index (χ0v) is 14.8. The van der Waals surface area contributed by atoms with E-state index in [-0.39, 0.29) is 12.5 Å². The number of halogens is 1. The van der Waals surface area contributed by atoms with Gasteiger partial charge in [-0.3, -0.25) is 9.78 Å². The summed E-state index contributed by atoms with van der Waals surface area (Å²) in [6, 6.07) is 7.23. The summed E-state index contributed by atoms with van der Waals surface area (Å²) in [7, 11) is 0. The number of guanidine groups is 1. The third-order valence-electron chi connectivity index (χ3n) is 3.17. The molecule has 0 atom stereocenters. The first-order chi connectivity index (χ1) is 12.2. The molecule has 0 aliphatic carbocycles. The molecule has 1 amide bonds. The summed E-state index contributed by atoms with van der Waals surface area (Å²) in [5, 5.41) is 9.52. The first kappa shape index (κ1) is 18.7. The molecule has 0 saturated heterocycles. The summed E-state index contributed by atoms with van der Waals surface area (Å²) in [6.07, 6.45) is 5.76. The number of carbonyl (C=O) groups excluding carboxylic acids is 1. The molecule has 0 spiro atoms. The standard InChI is InChI=1S/C17H21ClN6O/c1-2-20-17(21-9-7-13-5-6-15(18)22-10-13)23-12-16(25)24-14-4-3-8-19-11-14/h3-6,8,10-11H,2,7,9,12H2,1H3,(H,24,25)(H2,20,21,23). The van der Waals surface area contributed by atoms with Crippen LogP contribution in [0.25, 0.3) is 0 Å². The average Bonchev–Trinajstić information content (AvgIpc) is 2.62. The van der Waals surface area contributed by atoms with Crippen LogP contribution in [-0.4, -0.2) is 41.5 Å². The van der Waals surface area contributed by atoms with Crippen molar-refractivity contribution in [1.82, 2.24) is 20.6 Å². The molecule has 0 unspecified atom stereocenters. The van der Waals surface area contributed by atoms with Gasteiger partial charge in [0.1, 0.15) is 11.7 Å². The van der Waals surface area contributed by atoms with Crippen molar-refractivity contribution in [3.05, 3.63) is 53.6 Å². The van der Waals surface area contributed by atoms with Crippen LogP contribution in [0.2, 0.25) is 5.15 Å². The number of amides is 1. The molecule has 0 aliphatic rings. The summed E-state index contributed by atoms with van der Waals surface area (Å²) in [5.41, 5.74) is 1.72. The van der Waals surface area contributed by atoms with Crippen molar-refractivity contribution >= 4 is 29.2 Å². The Bertz CT molecular complexity index is 690. The predicted molar refractivity (Wildman–Crippen MR) is 99.8 cm³/mol. The monoisotopic (exact) mass is 360 g/mol. The quantitative estimate of drug-likeness (QED) is 0.398. The fraction of sp³-hybridized carbons (Fsp3) is 0.294.